The van der Waals surface area contributed by atoms with Gasteiger partial charge in [0.1, 0.15) is 5.01 Å². The molecule has 0 bridgehead atoms. The number of nitrogens with zero attached hydrogens (tertiary/aromatic N) is 2. The number of hydrogen-bond acceptors (Lipinski definition) is 5. The van der Waals surface area contributed by atoms with Crippen LogP contribution in [0.15, 0.2) is 30.3 Å². The Morgan fingerprint density at radius 2 is 2.00 bits per heavy atom. The van der Waals surface area contributed by atoms with E-state index in [0.717, 1.165) is 15.7 Å². The number of Topliss-reactive ketones (excluding diaryl/α,β-unsaturated/α-hetero) is 1. The highest BCUT2D eigenvalue weighted by molar-refractivity contribution is 7.15. The van der Waals surface area contributed by atoms with Crippen LogP contribution in [-0.4, -0.2) is 22.5 Å². The number of hydrogen-bond donors (Lipinski definition) is 1. The van der Waals surface area contributed by atoms with E-state index < -0.39 is 0 Å². The van der Waals surface area contributed by atoms with E-state index in [4.69, 9.17) is 0 Å². The molecular weight excluding hydrogens is 258 g/mol. The minimum atomic E-state index is 0.140. The van der Waals surface area contributed by atoms with Gasteiger partial charge in [-0.1, -0.05) is 55.5 Å². The molecule has 0 aliphatic carbocycles. The molecule has 0 unspecified atom stereocenters. The third kappa shape index (κ3) is 3.86. The number of rotatable bonds is 6. The molecule has 0 spiro atoms. The van der Waals surface area contributed by atoms with Crippen molar-refractivity contribution in [2.75, 3.05) is 11.9 Å². The molecule has 100 valence electrons. The first-order chi connectivity index (χ1) is 9.16. The molecule has 0 amide bonds. The summed E-state index contributed by atoms with van der Waals surface area (Å²) in [5.74, 6) is 0.528. The highest BCUT2D eigenvalue weighted by Crippen LogP contribution is 2.22. The average Bonchev–Trinajstić information content (AvgIpc) is 2.89. The van der Waals surface area contributed by atoms with Gasteiger partial charge >= 0.3 is 0 Å². The number of nitrogens with one attached hydrogen (secondary N) is 1. The molecule has 0 atom stereocenters. The smallest absolute Gasteiger partial charge is 0.205 e. The van der Waals surface area contributed by atoms with Crippen molar-refractivity contribution in [1.29, 1.82) is 0 Å². The Kier molecular flexibility index (Phi) is 4.63. The predicted octanol–water partition coefficient (Wildman–Crippen LogP) is 3.35. The van der Waals surface area contributed by atoms with Gasteiger partial charge in [0.2, 0.25) is 5.13 Å². The second-order valence-corrected chi connectivity index (χ2v) is 5.58. The number of aromatic nitrogens is 2. The first kappa shape index (κ1) is 13.7. The van der Waals surface area contributed by atoms with Gasteiger partial charge in [-0.25, -0.2) is 0 Å². The van der Waals surface area contributed by atoms with Crippen LogP contribution in [-0.2, 0) is 0 Å². The fourth-order valence-corrected chi connectivity index (χ4v) is 2.36. The zero-order chi connectivity index (χ0) is 13.7. The van der Waals surface area contributed by atoms with Gasteiger partial charge in [-0.2, -0.15) is 0 Å². The second kappa shape index (κ2) is 6.43. The van der Waals surface area contributed by atoms with Crippen molar-refractivity contribution in [2.45, 2.75) is 26.2 Å². The van der Waals surface area contributed by atoms with Crippen LogP contribution in [0, 0.1) is 0 Å². The van der Waals surface area contributed by atoms with E-state index in [0.29, 0.717) is 18.9 Å². The lowest BCUT2D eigenvalue weighted by molar-refractivity contribution is 0.0986. The fourth-order valence-electron chi connectivity index (χ4n) is 1.59. The van der Waals surface area contributed by atoms with Gasteiger partial charge in [0.15, 0.2) is 5.78 Å². The Morgan fingerprint density at radius 3 is 2.63 bits per heavy atom. The SMILES string of the molecule is CC(C)c1nnc(NCCC(=O)c2ccccc2)s1. The van der Waals surface area contributed by atoms with Crippen molar-refractivity contribution in [1.82, 2.24) is 10.2 Å². The Balaban J connectivity index is 1.81. The van der Waals surface area contributed by atoms with Gasteiger partial charge in [0, 0.05) is 24.4 Å². The van der Waals surface area contributed by atoms with Gasteiger partial charge in [-0.3, -0.25) is 4.79 Å². The maximum atomic E-state index is 11.9. The highest BCUT2D eigenvalue weighted by Gasteiger charge is 2.08. The zero-order valence-electron chi connectivity index (χ0n) is 11.1. The molecule has 0 aliphatic heterocycles. The van der Waals surface area contributed by atoms with Crippen molar-refractivity contribution in [3.8, 4) is 0 Å². The van der Waals surface area contributed by atoms with Gasteiger partial charge < -0.3 is 5.32 Å². The lowest BCUT2D eigenvalue weighted by Crippen LogP contribution is -2.08. The zero-order valence-corrected chi connectivity index (χ0v) is 11.9. The summed E-state index contributed by atoms with van der Waals surface area (Å²) in [5, 5.41) is 13.1. The normalized spacial score (nSPS) is 10.7. The summed E-state index contributed by atoms with van der Waals surface area (Å²) in [4.78, 5) is 11.9. The van der Waals surface area contributed by atoms with Gasteiger partial charge in [-0.05, 0) is 0 Å². The van der Waals surface area contributed by atoms with E-state index in [2.05, 4.69) is 29.4 Å². The maximum Gasteiger partial charge on any atom is 0.205 e. The monoisotopic (exact) mass is 275 g/mol. The standard InChI is InChI=1S/C14H17N3OS/c1-10(2)13-16-17-14(19-13)15-9-8-12(18)11-6-4-3-5-7-11/h3-7,10H,8-9H2,1-2H3,(H,15,17). The molecule has 2 aromatic rings. The molecule has 4 nitrogen and oxygen atoms in total. The minimum absolute atomic E-state index is 0.140. The van der Waals surface area contributed by atoms with E-state index in [9.17, 15) is 4.79 Å². The summed E-state index contributed by atoms with van der Waals surface area (Å²) >= 11 is 1.54. The van der Waals surface area contributed by atoms with E-state index in [1.54, 1.807) is 11.3 Å². The van der Waals surface area contributed by atoms with Gasteiger partial charge in [-0.15, -0.1) is 10.2 Å². The molecular formula is C14H17N3OS. The summed E-state index contributed by atoms with van der Waals surface area (Å²) in [6.45, 7) is 4.76. The largest absolute Gasteiger partial charge is 0.360 e. The van der Waals surface area contributed by atoms with Crippen LogP contribution in [0.25, 0.3) is 0 Å². The van der Waals surface area contributed by atoms with Crippen molar-refractivity contribution in [3.63, 3.8) is 0 Å². The number of anilines is 1. The number of carbonyl (C=O) groups excluding carboxylic acids is 1. The van der Waals surface area contributed by atoms with Crippen LogP contribution < -0.4 is 5.32 Å². The molecule has 1 aromatic heterocycles. The summed E-state index contributed by atoms with van der Waals surface area (Å²) in [6.07, 6.45) is 0.459. The van der Waals surface area contributed by atoms with Crippen molar-refractivity contribution in [2.24, 2.45) is 0 Å². The third-order valence-electron chi connectivity index (χ3n) is 2.66. The van der Waals surface area contributed by atoms with Crippen molar-refractivity contribution in [3.05, 3.63) is 40.9 Å². The van der Waals surface area contributed by atoms with E-state index in [1.807, 2.05) is 30.3 Å². The minimum Gasteiger partial charge on any atom is -0.360 e. The molecule has 0 aliphatic rings. The topological polar surface area (TPSA) is 54.9 Å². The van der Waals surface area contributed by atoms with Gasteiger partial charge in [0.05, 0.1) is 0 Å². The van der Waals surface area contributed by atoms with Crippen LogP contribution >= 0.6 is 11.3 Å². The van der Waals surface area contributed by atoms with Crippen LogP contribution in [0.5, 0.6) is 0 Å². The number of benzene rings is 1. The Hall–Kier alpha value is -1.75. The van der Waals surface area contributed by atoms with Gasteiger partial charge in [0.25, 0.3) is 0 Å². The molecule has 1 aromatic carbocycles. The highest BCUT2D eigenvalue weighted by atomic mass is 32.1. The molecule has 5 heteroatoms. The predicted molar refractivity (Wildman–Crippen MR) is 77.9 cm³/mol. The summed E-state index contributed by atoms with van der Waals surface area (Å²) in [7, 11) is 0. The molecule has 1 N–H and O–H groups in total. The van der Waals surface area contributed by atoms with Crippen LogP contribution in [0.4, 0.5) is 5.13 Å². The van der Waals surface area contributed by atoms with Crippen molar-refractivity contribution < 1.29 is 4.79 Å². The Morgan fingerprint density at radius 1 is 1.26 bits per heavy atom. The number of ketones is 1. The molecule has 0 saturated carbocycles. The summed E-state index contributed by atoms with van der Waals surface area (Å²) in [5.41, 5.74) is 0.754. The molecule has 2 rings (SSSR count). The van der Waals surface area contributed by atoms with E-state index in [-0.39, 0.29) is 5.78 Å². The van der Waals surface area contributed by atoms with Crippen LogP contribution in [0.2, 0.25) is 0 Å². The van der Waals surface area contributed by atoms with Crippen LogP contribution in [0.1, 0.15) is 41.6 Å². The Labute approximate surface area is 116 Å². The molecule has 0 saturated heterocycles. The second-order valence-electron chi connectivity index (χ2n) is 4.57. The third-order valence-corrected chi connectivity index (χ3v) is 3.84. The molecule has 0 radical (unpaired) electrons. The van der Waals surface area contributed by atoms with Crippen LogP contribution in [0.3, 0.4) is 0 Å². The quantitative estimate of drug-likeness (QED) is 0.821. The number of carbonyl (C=O) groups is 1. The maximum absolute atomic E-state index is 11.9. The summed E-state index contributed by atoms with van der Waals surface area (Å²) < 4.78 is 0. The van der Waals surface area contributed by atoms with E-state index in [1.165, 1.54) is 0 Å². The molecule has 0 fully saturated rings. The Bertz CT molecular complexity index is 537. The molecule has 1 heterocycles. The van der Waals surface area contributed by atoms with E-state index >= 15 is 0 Å². The average molecular weight is 275 g/mol. The van der Waals surface area contributed by atoms with Crippen molar-refractivity contribution >= 4 is 22.3 Å². The fraction of sp³-hybridized carbons (Fsp3) is 0.357. The first-order valence-corrected chi connectivity index (χ1v) is 7.14. The first-order valence-electron chi connectivity index (χ1n) is 6.32. The lowest BCUT2D eigenvalue weighted by atomic mass is 10.1. The summed E-state index contributed by atoms with van der Waals surface area (Å²) in [6, 6.07) is 9.33. The lowest BCUT2D eigenvalue weighted by Gasteiger charge is -2.02. The molecule has 19 heavy (non-hydrogen) atoms.